The third-order valence-electron chi connectivity index (χ3n) is 4.14. The molecule has 9 heteroatoms. The second kappa shape index (κ2) is 6.20. The lowest BCUT2D eigenvalue weighted by atomic mass is 10.0. The van der Waals surface area contributed by atoms with E-state index in [1.807, 2.05) is 24.3 Å². The van der Waals surface area contributed by atoms with E-state index < -0.39 is 18.4 Å². The van der Waals surface area contributed by atoms with E-state index >= 15 is 0 Å². The molecule has 1 unspecified atom stereocenters. The van der Waals surface area contributed by atoms with Crippen molar-refractivity contribution in [1.29, 1.82) is 0 Å². The van der Waals surface area contributed by atoms with Gasteiger partial charge in [0.05, 0.1) is 17.8 Å². The number of alkyl halides is 3. The van der Waals surface area contributed by atoms with Gasteiger partial charge >= 0.3 is 12.0 Å². The van der Waals surface area contributed by atoms with E-state index in [4.69, 9.17) is 0 Å². The van der Waals surface area contributed by atoms with Crippen molar-refractivity contribution in [2.75, 3.05) is 0 Å². The molecule has 0 amide bonds. The van der Waals surface area contributed by atoms with Gasteiger partial charge in [-0.2, -0.15) is 18.3 Å². The number of aliphatic hydroxyl groups is 1. The quantitative estimate of drug-likeness (QED) is 0.764. The lowest BCUT2D eigenvalue weighted by Crippen LogP contribution is -2.45. The molecular weight excluding hydrogens is 361 g/mol. The lowest BCUT2D eigenvalue weighted by molar-refractivity contribution is -0.355. The number of hydrogen-bond acceptors (Lipinski definition) is 5. The number of hydrogen-bond donors (Lipinski definition) is 1. The number of oxime groups is 1. The van der Waals surface area contributed by atoms with E-state index in [9.17, 15) is 18.3 Å². The summed E-state index contributed by atoms with van der Waals surface area (Å²) < 4.78 is 40.0. The molecule has 138 valence electrons. The third-order valence-corrected chi connectivity index (χ3v) is 4.14. The maximum absolute atomic E-state index is 12.8. The molecule has 1 aromatic carbocycles. The summed E-state index contributed by atoms with van der Waals surface area (Å²) in [5.74, 6) is -2.60. The molecule has 3 heterocycles. The molecule has 0 saturated heterocycles. The fourth-order valence-electron chi connectivity index (χ4n) is 2.66. The minimum atomic E-state index is -4.92. The first-order chi connectivity index (χ1) is 12.9. The second-order valence-electron chi connectivity index (χ2n) is 6.00. The average Bonchev–Trinajstić information content (AvgIpc) is 3.30. The molecule has 6 nitrogen and oxygen atoms in total. The van der Waals surface area contributed by atoms with Crippen LogP contribution in [0.15, 0.2) is 66.1 Å². The molecule has 3 aromatic rings. The monoisotopic (exact) mass is 374 g/mol. The van der Waals surface area contributed by atoms with Gasteiger partial charge in [-0.25, -0.2) is 9.67 Å². The zero-order valence-corrected chi connectivity index (χ0v) is 13.8. The molecule has 2 aromatic heterocycles. The molecular formula is C18H13F3N4O2. The minimum Gasteiger partial charge on any atom is -0.350 e. The van der Waals surface area contributed by atoms with Crippen molar-refractivity contribution in [3.8, 4) is 17.1 Å². The Morgan fingerprint density at radius 2 is 1.78 bits per heavy atom. The van der Waals surface area contributed by atoms with Crippen LogP contribution in [0.1, 0.15) is 12.0 Å². The summed E-state index contributed by atoms with van der Waals surface area (Å²) in [5.41, 5.74) is 1.92. The Bertz CT molecular complexity index is 984. The fraction of sp³-hybridized carbons (Fsp3) is 0.167. The maximum Gasteiger partial charge on any atom is 0.458 e. The Kier molecular flexibility index (Phi) is 3.96. The van der Waals surface area contributed by atoms with E-state index in [0.29, 0.717) is 17.1 Å². The molecule has 0 fully saturated rings. The molecule has 0 saturated carbocycles. The van der Waals surface area contributed by atoms with Crippen LogP contribution in [0.4, 0.5) is 13.2 Å². The van der Waals surface area contributed by atoms with Crippen LogP contribution in [0.25, 0.3) is 17.1 Å². The van der Waals surface area contributed by atoms with E-state index in [0.717, 1.165) is 5.56 Å². The first-order valence-electron chi connectivity index (χ1n) is 7.98. The van der Waals surface area contributed by atoms with Crippen molar-refractivity contribution >= 4 is 5.71 Å². The predicted octanol–water partition coefficient (Wildman–Crippen LogP) is 3.31. The van der Waals surface area contributed by atoms with Crippen molar-refractivity contribution < 1.29 is 23.1 Å². The highest BCUT2D eigenvalue weighted by Crippen LogP contribution is 2.39. The van der Waals surface area contributed by atoms with Gasteiger partial charge in [-0.3, -0.25) is 0 Å². The van der Waals surface area contributed by atoms with Crippen molar-refractivity contribution in [1.82, 2.24) is 14.8 Å². The van der Waals surface area contributed by atoms with Crippen molar-refractivity contribution in [3.05, 3.63) is 66.5 Å². The van der Waals surface area contributed by atoms with Gasteiger partial charge in [0.1, 0.15) is 0 Å². The summed E-state index contributed by atoms with van der Waals surface area (Å²) in [6.07, 6.45) is -2.25. The van der Waals surface area contributed by atoms with Gasteiger partial charge in [0.2, 0.25) is 0 Å². The molecule has 1 aliphatic rings. The molecule has 1 aliphatic heterocycles. The Morgan fingerprint density at radius 1 is 1.04 bits per heavy atom. The number of rotatable bonds is 3. The summed E-state index contributed by atoms with van der Waals surface area (Å²) in [7, 11) is 0. The standard InChI is InChI=1S/C18H13F3N4O2/c19-18(20,21)17(26)11-15(24-27-17)13-6-4-12(5-7-13)14-8-10-25(23-14)16-3-1-2-9-22-16/h1-10,26H,11H2. The van der Waals surface area contributed by atoms with Crippen LogP contribution in [0.2, 0.25) is 0 Å². The van der Waals surface area contributed by atoms with Crippen molar-refractivity contribution in [2.24, 2.45) is 5.16 Å². The molecule has 0 spiro atoms. The van der Waals surface area contributed by atoms with Crippen LogP contribution in [0.3, 0.4) is 0 Å². The molecule has 1 N–H and O–H groups in total. The lowest BCUT2D eigenvalue weighted by Gasteiger charge is -2.22. The molecule has 27 heavy (non-hydrogen) atoms. The minimum absolute atomic E-state index is 0.0281. The van der Waals surface area contributed by atoms with Gasteiger partial charge < -0.3 is 9.94 Å². The van der Waals surface area contributed by atoms with Crippen LogP contribution in [-0.2, 0) is 4.84 Å². The topological polar surface area (TPSA) is 72.5 Å². The number of halogens is 3. The first-order valence-corrected chi connectivity index (χ1v) is 7.98. The Balaban J connectivity index is 1.53. The highest BCUT2D eigenvalue weighted by molar-refractivity contribution is 6.01. The number of benzene rings is 1. The van der Waals surface area contributed by atoms with Gasteiger partial charge in [-0.05, 0) is 23.8 Å². The van der Waals surface area contributed by atoms with Gasteiger partial charge in [-0.1, -0.05) is 35.5 Å². The summed E-state index contributed by atoms with van der Waals surface area (Å²) in [5, 5.41) is 17.4. The summed E-state index contributed by atoms with van der Waals surface area (Å²) in [6, 6.07) is 13.9. The first kappa shape index (κ1) is 17.2. The highest BCUT2D eigenvalue weighted by Gasteiger charge is 2.60. The molecule has 4 rings (SSSR count). The van der Waals surface area contributed by atoms with Gasteiger partial charge in [0, 0.05) is 18.0 Å². The van der Waals surface area contributed by atoms with E-state index in [1.54, 1.807) is 41.3 Å². The smallest absolute Gasteiger partial charge is 0.350 e. The summed E-state index contributed by atoms with van der Waals surface area (Å²) >= 11 is 0. The SMILES string of the molecule is OC1(C(F)(F)F)CC(c2ccc(-c3ccn(-c4ccccn4)n3)cc2)=NO1. The summed E-state index contributed by atoms with van der Waals surface area (Å²) in [6.45, 7) is 0. The molecule has 0 aliphatic carbocycles. The van der Waals surface area contributed by atoms with Gasteiger partial charge in [0.15, 0.2) is 5.82 Å². The number of pyridine rings is 1. The zero-order valence-electron chi connectivity index (χ0n) is 13.8. The van der Waals surface area contributed by atoms with Crippen molar-refractivity contribution in [3.63, 3.8) is 0 Å². The number of aromatic nitrogens is 3. The van der Waals surface area contributed by atoms with Crippen molar-refractivity contribution in [2.45, 2.75) is 18.4 Å². The molecule has 0 bridgehead atoms. The van der Waals surface area contributed by atoms with Crippen LogP contribution in [0, 0.1) is 0 Å². The Labute approximate surface area is 151 Å². The van der Waals surface area contributed by atoms with E-state index in [-0.39, 0.29) is 5.71 Å². The maximum atomic E-state index is 12.8. The molecule has 0 radical (unpaired) electrons. The molecule has 1 atom stereocenters. The third kappa shape index (κ3) is 3.17. The van der Waals surface area contributed by atoms with Crippen LogP contribution in [0.5, 0.6) is 0 Å². The largest absolute Gasteiger partial charge is 0.458 e. The van der Waals surface area contributed by atoms with Gasteiger partial charge in [0.25, 0.3) is 0 Å². The normalized spacial score (nSPS) is 19.6. The average molecular weight is 374 g/mol. The van der Waals surface area contributed by atoms with Crippen LogP contribution >= 0.6 is 0 Å². The highest BCUT2D eigenvalue weighted by atomic mass is 19.4. The van der Waals surface area contributed by atoms with E-state index in [2.05, 4.69) is 20.1 Å². The summed E-state index contributed by atoms with van der Waals surface area (Å²) in [4.78, 5) is 8.45. The Morgan fingerprint density at radius 3 is 2.41 bits per heavy atom. The van der Waals surface area contributed by atoms with Gasteiger partial charge in [-0.15, -0.1) is 0 Å². The number of nitrogens with zero attached hydrogens (tertiary/aromatic N) is 4. The van der Waals surface area contributed by atoms with E-state index in [1.165, 1.54) is 0 Å². The zero-order chi connectivity index (χ0) is 19.1. The fourth-order valence-corrected chi connectivity index (χ4v) is 2.66. The van der Waals surface area contributed by atoms with Crippen LogP contribution in [-0.4, -0.2) is 37.5 Å². The Hall–Kier alpha value is -3.20. The second-order valence-corrected chi connectivity index (χ2v) is 6.00. The predicted molar refractivity (Wildman–Crippen MR) is 90.0 cm³/mol. The van der Waals surface area contributed by atoms with Crippen LogP contribution < -0.4 is 0 Å².